The van der Waals surface area contributed by atoms with E-state index in [-0.39, 0.29) is 0 Å². The summed E-state index contributed by atoms with van der Waals surface area (Å²) in [5.74, 6) is 0.656. The molecule has 154 valence electrons. The van der Waals surface area contributed by atoms with E-state index in [1.807, 2.05) is 32.2 Å². The smallest absolute Gasteiger partial charge is 0.357 e. The second-order valence-corrected chi connectivity index (χ2v) is 7.23. The molecular weight excluding hydrogens is 387 g/mol. The first-order valence-corrected chi connectivity index (χ1v) is 10.0. The number of nitrogens with one attached hydrogen (secondary N) is 2. The van der Waals surface area contributed by atoms with Gasteiger partial charge < -0.3 is 15.5 Å². The molecule has 0 bridgehead atoms. The predicted molar refractivity (Wildman–Crippen MR) is 108 cm³/mol. The molecule has 0 radical (unpaired) electrons. The van der Waals surface area contributed by atoms with Crippen LogP contribution in [0.1, 0.15) is 23.2 Å². The van der Waals surface area contributed by atoms with Gasteiger partial charge in [0.25, 0.3) is 0 Å². The Balaban J connectivity index is 1.76. The second kappa shape index (κ2) is 11.0. The first kappa shape index (κ1) is 22.2. The zero-order valence-corrected chi connectivity index (χ0v) is 16.9. The van der Waals surface area contributed by atoms with Crippen molar-refractivity contribution in [2.45, 2.75) is 26.1 Å². The normalized spacial score (nSPS) is 12.4. The number of benzene rings is 1. The molecule has 1 heterocycles. The highest BCUT2D eigenvalue weighted by Crippen LogP contribution is 2.29. The number of thiazole rings is 1. The number of nitrogens with zero attached hydrogens (tertiary/aromatic N) is 3. The van der Waals surface area contributed by atoms with E-state index in [1.54, 1.807) is 0 Å². The van der Waals surface area contributed by atoms with Gasteiger partial charge in [-0.1, -0.05) is 30.3 Å². The minimum absolute atomic E-state index is 0.416. The molecule has 0 aliphatic carbocycles. The lowest BCUT2D eigenvalue weighted by Crippen LogP contribution is -2.38. The summed E-state index contributed by atoms with van der Waals surface area (Å²) in [5.41, 5.74) is 0.426. The summed E-state index contributed by atoms with van der Waals surface area (Å²) in [6, 6.07) is 10.2. The van der Waals surface area contributed by atoms with Gasteiger partial charge in [0.05, 0.1) is 11.6 Å². The van der Waals surface area contributed by atoms with Crippen molar-refractivity contribution in [3.8, 4) is 0 Å². The molecule has 9 heteroatoms. The van der Waals surface area contributed by atoms with Crippen LogP contribution in [0.2, 0.25) is 0 Å². The molecule has 0 atom stereocenters. The van der Waals surface area contributed by atoms with E-state index in [4.69, 9.17) is 0 Å². The van der Waals surface area contributed by atoms with Crippen molar-refractivity contribution < 1.29 is 13.2 Å². The van der Waals surface area contributed by atoms with E-state index in [0.29, 0.717) is 37.0 Å². The topological polar surface area (TPSA) is 52.6 Å². The third-order valence-electron chi connectivity index (χ3n) is 3.86. The van der Waals surface area contributed by atoms with Crippen LogP contribution in [0.15, 0.2) is 40.7 Å². The summed E-state index contributed by atoms with van der Waals surface area (Å²) in [6.07, 6.45) is -3.97. The van der Waals surface area contributed by atoms with Gasteiger partial charge in [0.2, 0.25) is 0 Å². The molecule has 2 rings (SSSR count). The van der Waals surface area contributed by atoms with Crippen LogP contribution in [-0.4, -0.2) is 49.1 Å². The summed E-state index contributed by atoms with van der Waals surface area (Å²) in [6.45, 7) is 5.42. The monoisotopic (exact) mass is 413 g/mol. The average molecular weight is 414 g/mol. The number of halogens is 3. The molecule has 0 amide bonds. The van der Waals surface area contributed by atoms with Crippen molar-refractivity contribution in [3.05, 3.63) is 52.0 Å². The highest BCUT2D eigenvalue weighted by Gasteiger charge is 2.33. The third kappa shape index (κ3) is 7.85. The van der Waals surface area contributed by atoms with Crippen molar-refractivity contribution in [1.82, 2.24) is 20.5 Å². The molecule has 2 aromatic rings. The average Bonchev–Trinajstić information content (AvgIpc) is 3.12. The first-order valence-electron chi connectivity index (χ1n) is 9.14. The molecule has 5 nitrogen and oxygen atoms in total. The lowest BCUT2D eigenvalue weighted by Gasteiger charge is -2.16. The number of aromatic nitrogens is 1. The Morgan fingerprint density at radius 3 is 2.61 bits per heavy atom. The number of hydrogen-bond acceptors (Lipinski definition) is 4. The summed E-state index contributed by atoms with van der Waals surface area (Å²) in [5, 5.41) is 7.80. The number of guanidine groups is 1. The van der Waals surface area contributed by atoms with Crippen molar-refractivity contribution >= 4 is 17.3 Å². The van der Waals surface area contributed by atoms with Gasteiger partial charge in [0.15, 0.2) is 11.7 Å². The van der Waals surface area contributed by atoms with Crippen LogP contribution >= 0.6 is 11.3 Å². The molecule has 0 unspecified atom stereocenters. The van der Waals surface area contributed by atoms with Gasteiger partial charge >= 0.3 is 6.18 Å². The van der Waals surface area contributed by atoms with E-state index in [9.17, 15) is 13.2 Å². The molecule has 0 spiro atoms. The number of alkyl halides is 3. The zero-order valence-electron chi connectivity index (χ0n) is 16.1. The maximum absolute atomic E-state index is 12.6. The fourth-order valence-corrected chi connectivity index (χ4v) is 3.30. The SMILES string of the molecule is CCNC(=NCCN(C)Cc1ccccc1)NCCc1nc(C(F)(F)F)cs1. The molecule has 1 aromatic heterocycles. The van der Waals surface area contributed by atoms with Crippen molar-refractivity contribution in [1.29, 1.82) is 0 Å². The number of hydrogen-bond donors (Lipinski definition) is 2. The summed E-state index contributed by atoms with van der Waals surface area (Å²) in [4.78, 5) is 10.4. The van der Waals surface area contributed by atoms with Gasteiger partial charge in [0.1, 0.15) is 0 Å². The van der Waals surface area contributed by atoms with Crippen LogP contribution in [0.25, 0.3) is 0 Å². The molecule has 0 saturated carbocycles. The third-order valence-corrected chi connectivity index (χ3v) is 4.77. The fourth-order valence-electron chi connectivity index (χ4n) is 2.49. The summed E-state index contributed by atoms with van der Waals surface area (Å²) < 4.78 is 37.8. The number of likely N-dealkylation sites (N-methyl/N-ethyl adjacent to an activating group) is 1. The Bertz CT molecular complexity index is 731. The largest absolute Gasteiger partial charge is 0.434 e. The van der Waals surface area contributed by atoms with E-state index in [2.05, 4.69) is 37.6 Å². The Morgan fingerprint density at radius 1 is 1.21 bits per heavy atom. The van der Waals surface area contributed by atoms with Crippen LogP contribution in [0.3, 0.4) is 0 Å². The van der Waals surface area contributed by atoms with Gasteiger partial charge in [-0.15, -0.1) is 11.3 Å². The standard InChI is InChI=1S/C19H26F3N5S/c1-3-23-18(24-10-9-17-26-16(14-28-17)19(20,21)22)25-11-12-27(2)13-15-7-5-4-6-8-15/h4-8,14H,3,9-13H2,1-2H3,(H2,23,24,25). The zero-order chi connectivity index (χ0) is 20.4. The van der Waals surface area contributed by atoms with Gasteiger partial charge in [-0.2, -0.15) is 13.2 Å². The quantitative estimate of drug-likeness (QED) is 0.489. The summed E-state index contributed by atoms with van der Waals surface area (Å²) >= 11 is 1.03. The minimum Gasteiger partial charge on any atom is -0.357 e. The maximum atomic E-state index is 12.6. The van der Waals surface area contributed by atoms with Gasteiger partial charge in [0, 0.05) is 38.0 Å². The van der Waals surface area contributed by atoms with Crippen molar-refractivity contribution in [2.75, 3.05) is 33.2 Å². The van der Waals surface area contributed by atoms with E-state index >= 15 is 0 Å². The molecular formula is C19H26F3N5S. The van der Waals surface area contributed by atoms with Gasteiger partial charge in [-0.3, -0.25) is 4.99 Å². The Kier molecular flexibility index (Phi) is 8.72. The van der Waals surface area contributed by atoms with Crippen LogP contribution in [0.4, 0.5) is 13.2 Å². The molecule has 0 aliphatic rings. The molecule has 0 aliphatic heterocycles. The first-order chi connectivity index (χ1) is 13.4. The summed E-state index contributed by atoms with van der Waals surface area (Å²) in [7, 11) is 2.05. The van der Waals surface area contributed by atoms with E-state index in [0.717, 1.165) is 29.8 Å². The van der Waals surface area contributed by atoms with Crippen LogP contribution < -0.4 is 10.6 Å². The lowest BCUT2D eigenvalue weighted by molar-refractivity contribution is -0.140. The molecule has 0 saturated heterocycles. The number of rotatable bonds is 9. The fraction of sp³-hybridized carbons (Fsp3) is 0.474. The van der Waals surface area contributed by atoms with Crippen molar-refractivity contribution in [3.63, 3.8) is 0 Å². The van der Waals surface area contributed by atoms with Crippen LogP contribution in [0.5, 0.6) is 0 Å². The number of aliphatic imine (C=N–C) groups is 1. The minimum atomic E-state index is -4.38. The van der Waals surface area contributed by atoms with E-state index in [1.165, 1.54) is 5.56 Å². The Hall–Kier alpha value is -2.13. The molecule has 28 heavy (non-hydrogen) atoms. The molecule has 0 fully saturated rings. The van der Waals surface area contributed by atoms with Crippen molar-refractivity contribution in [2.24, 2.45) is 4.99 Å². The lowest BCUT2D eigenvalue weighted by atomic mass is 10.2. The highest BCUT2D eigenvalue weighted by molar-refractivity contribution is 7.09. The van der Waals surface area contributed by atoms with Crippen LogP contribution in [0, 0.1) is 0 Å². The Labute approximate surface area is 167 Å². The Morgan fingerprint density at radius 2 is 1.96 bits per heavy atom. The molecule has 2 N–H and O–H groups in total. The predicted octanol–water partition coefficient (Wildman–Crippen LogP) is 3.39. The van der Waals surface area contributed by atoms with Gasteiger partial charge in [-0.25, -0.2) is 4.98 Å². The highest BCUT2D eigenvalue weighted by atomic mass is 32.1. The van der Waals surface area contributed by atoms with E-state index < -0.39 is 11.9 Å². The second-order valence-electron chi connectivity index (χ2n) is 6.29. The van der Waals surface area contributed by atoms with Crippen LogP contribution in [-0.2, 0) is 19.1 Å². The van der Waals surface area contributed by atoms with Gasteiger partial charge in [-0.05, 0) is 19.5 Å². The maximum Gasteiger partial charge on any atom is 0.434 e. The molecule has 1 aromatic carbocycles.